The first-order chi connectivity index (χ1) is 9.30. The van der Waals surface area contributed by atoms with E-state index in [4.69, 9.17) is 5.73 Å². The van der Waals surface area contributed by atoms with Gasteiger partial charge < -0.3 is 10.6 Å². The molecule has 1 heterocycles. The van der Waals surface area contributed by atoms with Gasteiger partial charge in [-0.25, -0.2) is 17.2 Å². The van der Waals surface area contributed by atoms with Gasteiger partial charge in [-0.15, -0.1) is 0 Å². The number of hydrogen-bond donors (Lipinski definition) is 1. The molecule has 1 amide bonds. The van der Waals surface area contributed by atoms with Crippen LogP contribution in [0.25, 0.3) is 0 Å². The maximum absolute atomic E-state index is 13.3. The second-order valence-electron chi connectivity index (χ2n) is 4.65. The van der Waals surface area contributed by atoms with Crippen molar-refractivity contribution < 1.29 is 22.0 Å². The molecule has 1 fully saturated rings. The molecular formula is C12H14F2N2O3S. The van der Waals surface area contributed by atoms with E-state index in [1.807, 2.05) is 0 Å². The molecule has 1 aliphatic rings. The molecule has 1 aromatic rings. The van der Waals surface area contributed by atoms with Crippen molar-refractivity contribution in [1.29, 1.82) is 0 Å². The van der Waals surface area contributed by atoms with Crippen molar-refractivity contribution >= 4 is 21.4 Å². The smallest absolute Gasteiger partial charge is 0.254 e. The Hall–Kier alpha value is -1.70. The number of anilines is 1. The number of carbonyl (C=O) groups excluding carboxylic acids is 1. The number of amides is 1. The zero-order chi connectivity index (χ0) is 14.9. The maximum Gasteiger partial charge on any atom is 0.254 e. The third kappa shape index (κ3) is 3.06. The highest BCUT2D eigenvalue weighted by Gasteiger charge is 2.24. The lowest BCUT2D eigenvalue weighted by molar-refractivity contribution is 0.0767. The number of sulfone groups is 1. The first-order valence-electron chi connectivity index (χ1n) is 6.04. The van der Waals surface area contributed by atoms with Crippen LogP contribution in [-0.4, -0.2) is 43.8 Å². The van der Waals surface area contributed by atoms with Crippen LogP contribution < -0.4 is 5.73 Å². The van der Waals surface area contributed by atoms with Crippen molar-refractivity contribution in [2.75, 3.05) is 30.3 Å². The van der Waals surface area contributed by atoms with Gasteiger partial charge in [-0.1, -0.05) is 0 Å². The normalized spacial score (nSPS) is 18.6. The number of rotatable bonds is 1. The Bertz CT molecular complexity index is 623. The van der Waals surface area contributed by atoms with Gasteiger partial charge in [0, 0.05) is 18.7 Å². The molecule has 0 unspecified atom stereocenters. The van der Waals surface area contributed by atoms with Gasteiger partial charge in [-0.2, -0.15) is 0 Å². The van der Waals surface area contributed by atoms with E-state index in [1.54, 1.807) is 0 Å². The Morgan fingerprint density at radius 3 is 2.35 bits per heavy atom. The van der Waals surface area contributed by atoms with Crippen LogP contribution in [-0.2, 0) is 9.84 Å². The summed E-state index contributed by atoms with van der Waals surface area (Å²) in [5.41, 5.74) is 4.32. The van der Waals surface area contributed by atoms with Crippen LogP contribution in [0.4, 0.5) is 14.5 Å². The Labute approximate surface area is 115 Å². The fourth-order valence-electron chi connectivity index (χ4n) is 2.03. The minimum absolute atomic E-state index is 0.0151. The number of carbonyl (C=O) groups is 1. The molecule has 0 atom stereocenters. The molecule has 1 saturated heterocycles. The quantitative estimate of drug-likeness (QED) is 0.779. The lowest BCUT2D eigenvalue weighted by atomic mass is 10.1. The van der Waals surface area contributed by atoms with Gasteiger partial charge in [0.15, 0.2) is 9.84 Å². The number of hydrogen-bond acceptors (Lipinski definition) is 4. The molecule has 1 aromatic carbocycles. The predicted octanol–water partition coefficient (Wildman–Crippen LogP) is 0.808. The summed E-state index contributed by atoms with van der Waals surface area (Å²) in [6.45, 7) is 0.264. The Morgan fingerprint density at radius 2 is 1.75 bits per heavy atom. The largest absolute Gasteiger partial charge is 0.394 e. The number of halogens is 2. The lowest BCUT2D eigenvalue weighted by Crippen LogP contribution is -2.33. The summed E-state index contributed by atoms with van der Waals surface area (Å²) in [6.07, 6.45) is 0.314. The van der Waals surface area contributed by atoms with Crippen LogP contribution in [0.15, 0.2) is 12.1 Å². The molecule has 2 N–H and O–H groups in total. The van der Waals surface area contributed by atoms with Crippen LogP contribution in [0.2, 0.25) is 0 Å². The number of nitrogen functional groups attached to an aromatic ring is 1. The molecule has 0 spiro atoms. The first kappa shape index (κ1) is 14.7. The van der Waals surface area contributed by atoms with E-state index < -0.39 is 33.1 Å². The minimum Gasteiger partial charge on any atom is -0.394 e. The van der Waals surface area contributed by atoms with Crippen molar-refractivity contribution in [3.63, 3.8) is 0 Å². The standard InChI is InChI=1S/C12H14F2N2O3S/c13-9-6-8(7-10(14)11(9)15)12(17)16-2-1-4-20(18,19)5-3-16/h6-7H,1-5,15H2. The third-order valence-electron chi connectivity index (χ3n) is 3.17. The van der Waals surface area contributed by atoms with Gasteiger partial charge in [0.2, 0.25) is 0 Å². The van der Waals surface area contributed by atoms with Crippen LogP contribution in [0.1, 0.15) is 16.8 Å². The van der Waals surface area contributed by atoms with Crippen LogP contribution >= 0.6 is 0 Å². The summed E-state index contributed by atoms with van der Waals surface area (Å²) in [6, 6.07) is 1.72. The molecule has 5 nitrogen and oxygen atoms in total. The van der Waals surface area contributed by atoms with Crippen LogP contribution in [0, 0.1) is 11.6 Å². The molecule has 0 aliphatic carbocycles. The molecule has 110 valence electrons. The van der Waals surface area contributed by atoms with E-state index in [0.717, 1.165) is 12.1 Å². The summed E-state index contributed by atoms with van der Waals surface area (Å²) < 4.78 is 49.6. The fourth-order valence-corrected chi connectivity index (χ4v) is 3.30. The van der Waals surface area contributed by atoms with Crippen molar-refractivity contribution in [2.45, 2.75) is 6.42 Å². The van der Waals surface area contributed by atoms with Gasteiger partial charge in [0.25, 0.3) is 5.91 Å². The molecule has 20 heavy (non-hydrogen) atoms. The van der Waals surface area contributed by atoms with Crippen molar-refractivity contribution in [1.82, 2.24) is 4.90 Å². The molecule has 0 saturated carbocycles. The average molecular weight is 304 g/mol. The second kappa shape index (κ2) is 5.35. The van der Waals surface area contributed by atoms with E-state index in [2.05, 4.69) is 0 Å². The van der Waals surface area contributed by atoms with Gasteiger partial charge in [0.1, 0.15) is 17.3 Å². The fraction of sp³-hybridized carbons (Fsp3) is 0.417. The third-order valence-corrected chi connectivity index (χ3v) is 4.88. The molecule has 1 aliphatic heterocycles. The van der Waals surface area contributed by atoms with E-state index in [-0.39, 0.29) is 30.2 Å². The first-order valence-corrected chi connectivity index (χ1v) is 7.86. The summed E-state index contributed by atoms with van der Waals surface area (Å²) in [7, 11) is -3.15. The zero-order valence-corrected chi connectivity index (χ0v) is 11.4. The van der Waals surface area contributed by atoms with Crippen molar-refractivity contribution in [2.24, 2.45) is 0 Å². The molecule has 0 aromatic heterocycles. The highest BCUT2D eigenvalue weighted by atomic mass is 32.2. The van der Waals surface area contributed by atoms with E-state index in [0.29, 0.717) is 6.42 Å². The second-order valence-corrected chi connectivity index (χ2v) is 6.95. The number of benzene rings is 1. The minimum atomic E-state index is -3.15. The van der Waals surface area contributed by atoms with Gasteiger partial charge in [-0.05, 0) is 18.6 Å². The van der Waals surface area contributed by atoms with E-state index >= 15 is 0 Å². The summed E-state index contributed by atoms with van der Waals surface area (Å²) >= 11 is 0. The Balaban J connectivity index is 2.23. The monoisotopic (exact) mass is 304 g/mol. The molecular weight excluding hydrogens is 290 g/mol. The average Bonchev–Trinajstić information content (AvgIpc) is 2.55. The predicted molar refractivity (Wildman–Crippen MR) is 69.9 cm³/mol. The Kier molecular flexibility index (Phi) is 3.94. The topological polar surface area (TPSA) is 80.5 Å². The van der Waals surface area contributed by atoms with E-state index in [1.165, 1.54) is 4.90 Å². The number of nitrogens with zero attached hydrogens (tertiary/aromatic N) is 1. The molecule has 8 heteroatoms. The highest BCUT2D eigenvalue weighted by Crippen LogP contribution is 2.19. The summed E-state index contributed by atoms with van der Waals surface area (Å²) in [5.74, 6) is -2.73. The molecule has 0 bridgehead atoms. The number of nitrogens with two attached hydrogens (primary N) is 1. The van der Waals surface area contributed by atoms with Crippen LogP contribution in [0.3, 0.4) is 0 Å². The van der Waals surface area contributed by atoms with Gasteiger partial charge >= 0.3 is 0 Å². The van der Waals surface area contributed by atoms with Crippen molar-refractivity contribution in [3.8, 4) is 0 Å². The molecule has 2 rings (SSSR count). The van der Waals surface area contributed by atoms with Gasteiger partial charge in [0.05, 0.1) is 11.5 Å². The van der Waals surface area contributed by atoms with E-state index in [9.17, 15) is 22.0 Å². The Morgan fingerprint density at radius 1 is 1.15 bits per heavy atom. The SMILES string of the molecule is Nc1c(F)cc(C(=O)N2CCCS(=O)(=O)CC2)cc1F. The maximum atomic E-state index is 13.3. The zero-order valence-electron chi connectivity index (χ0n) is 10.6. The summed E-state index contributed by atoms with van der Waals surface area (Å²) in [5, 5.41) is 0. The lowest BCUT2D eigenvalue weighted by Gasteiger charge is -2.20. The highest BCUT2D eigenvalue weighted by molar-refractivity contribution is 7.91. The summed E-state index contributed by atoms with van der Waals surface area (Å²) in [4.78, 5) is 13.4. The van der Waals surface area contributed by atoms with Crippen molar-refractivity contribution in [3.05, 3.63) is 29.3 Å². The van der Waals surface area contributed by atoms with Gasteiger partial charge in [-0.3, -0.25) is 4.79 Å². The van der Waals surface area contributed by atoms with Crippen LogP contribution in [0.5, 0.6) is 0 Å². The molecule has 0 radical (unpaired) electrons.